The number of benzene rings is 2. The highest BCUT2D eigenvalue weighted by molar-refractivity contribution is 5.86. The quantitative estimate of drug-likeness (QED) is 0.912. The summed E-state index contributed by atoms with van der Waals surface area (Å²) in [6, 6.07) is 18.4. The molecule has 1 heterocycles. The van der Waals surface area contributed by atoms with Crippen molar-refractivity contribution in [3.8, 4) is 11.1 Å². The molecule has 1 fully saturated rings. The van der Waals surface area contributed by atoms with E-state index in [0.717, 1.165) is 5.56 Å². The van der Waals surface area contributed by atoms with E-state index >= 15 is 0 Å². The minimum Gasteiger partial charge on any atom is -0.381 e. The van der Waals surface area contributed by atoms with Gasteiger partial charge in [0, 0.05) is 19.8 Å². The molecule has 2 aromatic carbocycles. The number of nitrogens with two attached hydrogens (primary N) is 1. The Kier molecular flexibility index (Phi) is 4.74. The molecule has 0 aromatic heterocycles. The van der Waals surface area contributed by atoms with Gasteiger partial charge in [0.05, 0.1) is 5.54 Å². The van der Waals surface area contributed by atoms with Gasteiger partial charge in [-0.15, -0.1) is 0 Å². The summed E-state index contributed by atoms with van der Waals surface area (Å²) in [5.41, 5.74) is 8.80. The van der Waals surface area contributed by atoms with Gasteiger partial charge in [0.15, 0.2) is 0 Å². The van der Waals surface area contributed by atoms with E-state index in [2.05, 4.69) is 29.6 Å². The maximum Gasteiger partial charge on any atom is 0.240 e. The van der Waals surface area contributed by atoms with E-state index in [4.69, 9.17) is 10.5 Å². The van der Waals surface area contributed by atoms with Crippen LogP contribution in [-0.2, 0) is 16.1 Å². The molecular weight excluding hydrogens is 288 g/mol. The topological polar surface area (TPSA) is 64.4 Å². The molecule has 0 aliphatic carbocycles. The van der Waals surface area contributed by atoms with Crippen LogP contribution in [0.25, 0.3) is 11.1 Å². The molecule has 1 saturated heterocycles. The molecule has 0 radical (unpaired) electrons. The highest BCUT2D eigenvalue weighted by Crippen LogP contribution is 2.20. The van der Waals surface area contributed by atoms with Crippen molar-refractivity contribution in [1.82, 2.24) is 5.32 Å². The van der Waals surface area contributed by atoms with Gasteiger partial charge in [-0.05, 0) is 29.5 Å². The van der Waals surface area contributed by atoms with Crippen LogP contribution in [0.5, 0.6) is 0 Å². The zero-order chi connectivity index (χ0) is 16.1. The summed E-state index contributed by atoms with van der Waals surface area (Å²) in [5, 5.41) is 2.95. The van der Waals surface area contributed by atoms with Crippen molar-refractivity contribution in [2.75, 3.05) is 13.2 Å². The number of hydrogen-bond acceptors (Lipinski definition) is 3. The SMILES string of the molecule is NC1(C(=O)NCc2ccc(-c3ccccc3)cc2)CCOCC1. The van der Waals surface area contributed by atoms with E-state index in [1.165, 1.54) is 11.1 Å². The largest absolute Gasteiger partial charge is 0.381 e. The maximum atomic E-state index is 12.3. The molecule has 4 nitrogen and oxygen atoms in total. The molecule has 1 aliphatic rings. The van der Waals surface area contributed by atoms with Crippen molar-refractivity contribution in [1.29, 1.82) is 0 Å². The van der Waals surface area contributed by atoms with Gasteiger partial charge in [-0.25, -0.2) is 0 Å². The maximum absolute atomic E-state index is 12.3. The Labute approximate surface area is 136 Å². The van der Waals surface area contributed by atoms with Gasteiger partial charge in [0.1, 0.15) is 0 Å². The van der Waals surface area contributed by atoms with Crippen LogP contribution in [-0.4, -0.2) is 24.7 Å². The average molecular weight is 310 g/mol. The lowest BCUT2D eigenvalue weighted by Gasteiger charge is -2.31. The van der Waals surface area contributed by atoms with Crippen LogP contribution in [0.4, 0.5) is 0 Å². The van der Waals surface area contributed by atoms with Crippen LogP contribution < -0.4 is 11.1 Å². The molecule has 3 N–H and O–H groups in total. The van der Waals surface area contributed by atoms with Crippen molar-refractivity contribution in [3.05, 3.63) is 60.2 Å². The Bertz CT molecular complexity index is 647. The molecule has 120 valence electrons. The third-order valence-electron chi connectivity index (χ3n) is 4.35. The predicted octanol–water partition coefficient (Wildman–Crippen LogP) is 2.48. The fourth-order valence-electron chi connectivity index (χ4n) is 2.77. The summed E-state index contributed by atoms with van der Waals surface area (Å²) in [6.07, 6.45) is 1.15. The first-order valence-electron chi connectivity index (χ1n) is 7.97. The second-order valence-electron chi connectivity index (χ2n) is 6.01. The lowest BCUT2D eigenvalue weighted by Crippen LogP contribution is -2.56. The normalized spacial score (nSPS) is 16.7. The van der Waals surface area contributed by atoms with E-state index in [1.807, 2.05) is 30.3 Å². The van der Waals surface area contributed by atoms with Gasteiger partial charge in [-0.2, -0.15) is 0 Å². The highest BCUT2D eigenvalue weighted by Gasteiger charge is 2.35. The minimum absolute atomic E-state index is 0.0899. The highest BCUT2D eigenvalue weighted by atomic mass is 16.5. The summed E-state index contributed by atoms with van der Waals surface area (Å²) >= 11 is 0. The van der Waals surface area contributed by atoms with E-state index in [0.29, 0.717) is 32.6 Å². The van der Waals surface area contributed by atoms with Crippen molar-refractivity contribution in [2.45, 2.75) is 24.9 Å². The fraction of sp³-hybridized carbons (Fsp3) is 0.316. The molecule has 1 amide bonds. The summed E-state index contributed by atoms with van der Waals surface area (Å²) in [7, 11) is 0. The number of amides is 1. The molecule has 0 unspecified atom stereocenters. The summed E-state index contributed by atoms with van der Waals surface area (Å²) in [4.78, 5) is 12.3. The molecule has 23 heavy (non-hydrogen) atoms. The first-order chi connectivity index (χ1) is 11.2. The van der Waals surface area contributed by atoms with Crippen LogP contribution in [0.3, 0.4) is 0 Å². The third kappa shape index (κ3) is 3.78. The Balaban J connectivity index is 1.59. The molecule has 3 rings (SSSR count). The number of carbonyl (C=O) groups is 1. The third-order valence-corrected chi connectivity index (χ3v) is 4.35. The van der Waals surface area contributed by atoms with Crippen molar-refractivity contribution < 1.29 is 9.53 Å². The van der Waals surface area contributed by atoms with Gasteiger partial charge in [0.25, 0.3) is 0 Å². The fourth-order valence-corrected chi connectivity index (χ4v) is 2.77. The Morgan fingerprint density at radius 3 is 2.26 bits per heavy atom. The molecule has 1 aliphatic heterocycles. The van der Waals surface area contributed by atoms with Gasteiger partial charge >= 0.3 is 0 Å². The molecule has 0 saturated carbocycles. The van der Waals surface area contributed by atoms with Crippen LogP contribution >= 0.6 is 0 Å². The number of rotatable bonds is 4. The lowest BCUT2D eigenvalue weighted by atomic mass is 9.90. The summed E-state index contributed by atoms with van der Waals surface area (Å²) in [6.45, 7) is 1.60. The first kappa shape index (κ1) is 15.7. The monoisotopic (exact) mass is 310 g/mol. The van der Waals surface area contributed by atoms with Crippen LogP contribution in [0.1, 0.15) is 18.4 Å². The van der Waals surface area contributed by atoms with Crippen LogP contribution in [0.15, 0.2) is 54.6 Å². The van der Waals surface area contributed by atoms with E-state index in [1.54, 1.807) is 0 Å². The zero-order valence-corrected chi connectivity index (χ0v) is 13.1. The van der Waals surface area contributed by atoms with Gasteiger partial charge < -0.3 is 15.8 Å². The van der Waals surface area contributed by atoms with Crippen LogP contribution in [0.2, 0.25) is 0 Å². The Hall–Kier alpha value is -2.17. The van der Waals surface area contributed by atoms with Gasteiger partial charge in [0.2, 0.25) is 5.91 Å². The van der Waals surface area contributed by atoms with Crippen molar-refractivity contribution >= 4 is 5.91 Å². The summed E-state index contributed by atoms with van der Waals surface area (Å²) in [5.74, 6) is -0.0899. The van der Waals surface area contributed by atoms with Crippen molar-refractivity contribution in [2.24, 2.45) is 5.73 Å². The zero-order valence-electron chi connectivity index (χ0n) is 13.1. The van der Waals surface area contributed by atoms with Gasteiger partial charge in [-0.3, -0.25) is 4.79 Å². The number of ether oxygens (including phenoxy) is 1. The van der Waals surface area contributed by atoms with Gasteiger partial charge in [-0.1, -0.05) is 54.6 Å². The molecule has 4 heteroatoms. The lowest BCUT2D eigenvalue weighted by molar-refractivity contribution is -0.129. The molecule has 2 aromatic rings. The van der Waals surface area contributed by atoms with Crippen molar-refractivity contribution in [3.63, 3.8) is 0 Å². The molecule has 0 atom stereocenters. The van der Waals surface area contributed by atoms with E-state index in [9.17, 15) is 4.79 Å². The second kappa shape index (κ2) is 6.94. The predicted molar refractivity (Wildman–Crippen MR) is 90.7 cm³/mol. The molecular formula is C19H22N2O2. The minimum atomic E-state index is -0.789. The van der Waals surface area contributed by atoms with E-state index in [-0.39, 0.29) is 5.91 Å². The number of hydrogen-bond donors (Lipinski definition) is 2. The standard InChI is InChI=1S/C19H22N2O2/c20-19(10-12-23-13-11-19)18(22)21-14-15-6-8-17(9-7-15)16-4-2-1-3-5-16/h1-9H,10-14,20H2,(H,21,22). The Morgan fingerprint density at radius 2 is 1.61 bits per heavy atom. The Morgan fingerprint density at radius 1 is 1.00 bits per heavy atom. The smallest absolute Gasteiger partial charge is 0.240 e. The second-order valence-corrected chi connectivity index (χ2v) is 6.01. The number of carbonyl (C=O) groups excluding carboxylic acids is 1. The van der Waals surface area contributed by atoms with Crippen LogP contribution in [0, 0.1) is 0 Å². The molecule has 0 bridgehead atoms. The first-order valence-corrected chi connectivity index (χ1v) is 7.97. The average Bonchev–Trinajstić information content (AvgIpc) is 2.61. The summed E-state index contributed by atoms with van der Waals surface area (Å²) < 4.78 is 5.27. The number of nitrogens with one attached hydrogen (secondary N) is 1. The molecule has 0 spiro atoms. The van der Waals surface area contributed by atoms with E-state index < -0.39 is 5.54 Å².